The number of phenols is 1. The summed E-state index contributed by atoms with van der Waals surface area (Å²) < 4.78 is 5.25. The van der Waals surface area contributed by atoms with E-state index in [0.29, 0.717) is 11.5 Å². The molecule has 1 N–H and O–H groups in total. The summed E-state index contributed by atoms with van der Waals surface area (Å²) in [4.78, 5) is 11.2. The van der Waals surface area contributed by atoms with Crippen LogP contribution < -0.4 is 4.74 Å². The second-order valence-corrected chi connectivity index (χ2v) is 5.17. The van der Waals surface area contributed by atoms with Crippen molar-refractivity contribution < 1.29 is 14.6 Å². The van der Waals surface area contributed by atoms with Gasteiger partial charge < -0.3 is 9.84 Å². The molecular weight excluding hydrogens is 264 g/mol. The molecule has 0 unspecified atom stereocenters. The Balaban J connectivity index is 2.42. The monoisotopic (exact) mass is 284 g/mol. The molecule has 0 amide bonds. The molecule has 2 aromatic carbocycles. The van der Waals surface area contributed by atoms with E-state index in [1.807, 2.05) is 37.3 Å². The van der Waals surface area contributed by atoms with Gasteiger partial charge in [-0.15, -0.1) is 0 Å². The van der Waals surface area contributed by atoms with Crippen molar-refractivity contribution in [1.29, 1.82) is 0 Å². The number of benzene rings is 2. The smallest absolute Gasteiger partial charge is 0.308 e. The Labute approximate surface area is 125 Å². The van der Waals surface area contributed by atoms with Gasteiger partial charge in [0.15, 0.2) is 0 Å². The van der Waals surface area contributed by atoms with Crippen LogP contribution in [0.15, 0.2) is 36.4 Å². The molecule has 0 aliphatic heterocycles. The largest absolute Gasteiger partial charge is 0.508 e. The van der Waals surface area contributed by atoms with E-state index in [2.05, 4.69) is 6.92 Å². The number of aryl methyl sites for hydroxylation is 2. The molecule has 0 aromatic heterocycles. The van der Waals surface area contributed by atoms with Gasteiger partial charge in [-0.05, 0) is 59.9 Å². The first kappa shape index (κ1) is 15.1. The molecule has 3 nitrogen and oxygen atoms in total. The molecule has 0 atom stereocenters. The van der Waals surface area contributed by atoms with Crippen LogP contribution in [-0.2, 0) is 11.2 Å². The Morgan fingerprint density at radius 1 is 1.14 bits per heavy atom. The van der Waals surface area contributed by atoms with Crippen molar-refractivity contribution in [2.24, 2.45) is 0 Å². The third-order valence-corrected chi connectivity index (χ3v) is 3.36. The molecule has 0 fully saturated rings. The molecule has 0 saturated heterocycles. The molecule has 2 rings (SSSR count). The van der Waals surface area contributed by atoms with Gasteiger partial charge in [-0.1, -0.05) is 25.5 Å². The van der Waals surface area contributed by atoms with E-state index in [-0.39, 0.29) is 5.97 Å². The molecule has 0 radical (unpaired) electrons. The van der Waals surface area contributed by atoms with E-state index < -0.39 is 0 Å². The van der Waals surface area contributed by atoms with Gasteiger partial charge in [-0.3, -0.25) is 4.79 Å². The summed E-state index contributed by atoms with van der Waals surface area (Å²) in [5.74, 6) is 0.619. The van der Waals surface area contributed by atoms with Gasteiger partial charge in [0.05, 0.1) is 0 Å². The topological polar surface area (TPSA) is 46.5 Å². The fourth-order valence-electron chi connectivity index (χ4n) is 2.31. The average molecular weight is 284 g/mol. The van der Waals surface area contributed by atoms with E-state index in [4.69, 9.17) is 4.74 Å². The first-order valence-corrected chi connectivity index (χ1v) is 7.12. The van der Waals surface area contributed by atoms with Crippen LogP contribution in [0, 0.1) is 6.92 Å². The van der Waals surface area contributed by atoms with Crippen molar-refractivity contribution in [2.75, 3.05) is 0 Å². The molecule has 0 aliphatic carbocycles. The number of hydrogen-bond acceptors (Lipinski definition) is 3. The standard InChI is InChI=1S/C18H20O3/c1-4-5-16-11-15(7-9-18(16)21-13(3)19)14-6-8-17(20)12(2)10-14/h6-11,20H,4-5H2,1-3H3. The second-order valence-electron chi connectivity index (χ2n) is 5.17. The third-order valence-electron chi connectivity index (χ3n) is 3.36. The highest BCUT2D eigenvalue weighted by Gasteiger charge is 2.09. The predicted molar refractivity (Wildman–Crippen MR) is 83.6 cm³/mol. The lowest BCUT2D eigenvalue weighted by atomic mass is 9.99. The minimum Gasteiger partial charge on any atom is -0.508 e. The number of carbonyl (C=O) groups is 1. The van der Waals surface area contributed by atoms with Gasteiger partial charge in [0, 0.05) is 6.92 Å². The van der Waals surface area contributed by atoms with Crippen LogP contribution in [-0.4, -0.2) is 11.1 Å². The van der Waals surface area contributed by atoms with Crippen molar-refractivity contribution in [2.45, 2.75) is 33.6 Å². The maximum atomic E-state index is 11.2. The summed E-state index contributed by atoms with van der Waals surface area (Å²) >= 11 is 0. The Kier molecular flexibility index (Phi) is 4.63. The summed E-state index contributed by atoms with van der Waals surface area (Å²) in [5.41, 5.74) is 3.96. The molecule has 2 aromatic rings. The van der Waals surface area contributed by atoms with Crippen LogP contribution >= 0.6 is 0 Å². The van der Waals surface area contributed by atoms with E-state index in [1.54, 1.807) is 6.07 Å². The molecule has 110 valence electrons. The van der Waals surface area contributed by atoms with E-state index >= 15 is 0 Å². The SMILES string of the molecule is CCCc1cc(-c2ccc(O)c(C)c2)ccc1OC(C)=O. The minimum atomic E-state index is -0.305. The Hall–Kier alpha value is -2.29. The summed E-state index contributed by atoms with van der Waals surface area (Å²) in [7, 11) is 0. The van der Waals surface area contributed by atoms with E-state index in [9.17, 15) is 9.90 Å². The predicted octanol–water partition coefficient (Wildman–Crippen LogP) is 4.25. The lowest BCUT2D eigenvalue weighted by Crippen LogP contribution is -2.04. The second kappa shape index (κ2) is 6.44. The van der Waals surface area contributed by atoms with Crippen LogP contribution in [0.1, 0.15) is 31.4 Å². The van der Waals surface area contributed by atoms with Crippen LogP contribution in [0.5, 0.6) is 11.5 Å². The molecule has 21 heavy (non-hydrogen) atoms. The van der Waals surface area contributed by atoms with Gasteiger partial charge in [0.1, 0.15) is 11.5 Å². The molecule has 0 saturated carbocycles. The van der Waals surface area contributed by atoms with Crippen molar-refractivity contribution in [3.05, 3.63) is 47.5 Å². The summed E-state index contributed by atoms with van der Waals surface area (Å²) in [6.07, 6.45) is 1.83. The molecule has 0 aliphatic rings. The average Bonchev–Trinajstić information content (AvgIpc) is 2.43. The van der Waals surface area contributed by atoms with Gasteiger partial charge in [0.25, 0.3) is 0 Å². The molecule has 3 heteroatoms. The van der Waals surface area contributed by atoms with Crippen LogP contribution in [0.2, 0.25) is 0 Å². The first-order valence-electron chi connectivity index (χ1n) is 7.12. The zero-order chi connectivity index (χ0) is 15.4. The maximum absolute atomic E-state index is 11.2. The lowest BCUT2D eigenvalue weighted by Gasteiger charge is -2.11. The van der Waals surface area contributed by atoms with Crippen molar-refractivity contribution >= 4 is 5.97 Å². The normalized spacial score (nSPS) is 10.4. The summed E-state index contributed by atoms with van der Waals surface area (Å²) in [6.45, 7) is 5.38. The number of ether oxygens (including phenoxy) is 1. The van der Waals surface area contributed by atoms with E-state index in [0.717, 1.165) is 35.1 Å². The van der Waals surface area contributed by atoms with Crippen LogP contribution in [0.4, 0.5) is 0 Å². The van der Waals surface area contributed by atoms with Crippen LogP contribution in [0.25, 0.3) is 11.1 Å². The quantitative estimate of drug-likeness (QED) is 0.674. The highest BCUT2D eigenvalue weighted by molar-refractivity contribution is 5.72. The maximum Gasteiger partial charge on any atom is 0.308 e. The number of phenolic OH excluding ortho intramolecular Hbond substituents is 1. The summed E-state index contributed by atoms with van der Waals surface area (Å²) in [5, 5.41) is 9.62. The van der Waals surface area contributed by atoms with Gasteiger partial charge in [0.2, 0.25) is 0 Å². The Morgan fingerprint density at radius 3 is 2.43 bits per heavy atom. The number of esters is 1. The fraction of sp³-hybridized carbons (Fsp3) is 0.278. The first-order chi connectivity index (χ1) is 10.0. The highest BCUT2D eigenvalue weighted by atomic mass is 16.5. The third kappa shape index (κ3) is 3.63. The fourth-order valence-corrected chi connectivity index (χ4v) is 2.31. The zero-order valence-corrected chi connectivity index (χ0v) is 12.6. The van der Waals surface area contributed by atoms with Gasteiger partial charge in [-0.25, -0.2) is 0 Å². The van der Waals surface area contributed by atoms with Crippen LogP contribution in [0.3, 0.4) is 0 Å². The number of aromatic hydroxyl groups is 1. The molecule has 0 bridgehead atoms. The van der Waals surface area contributed by atoms with E-state index in [1.165, 1.54) is 6.92 Å². The van der Waals surface area contributed by atoms with Crippen molar-refractivity contribution in [3.8, 4) is 22.6 Å². The van der Waals surface area contributed by atoms with Gasteiger partial charge >= 0.3 is 5.97 Å². The molecule has 0 heterocycles. The van der Waals surface area contributed by atoms with Crippen molar-refractivity contribution in [1.82, 2.24) is 0 Å². The number of carbonyl (C=O) groups excluding carboxylic acids is 1. The molecule has 0 spiro atoms. The highest BCUT2D eigenvalue weighted by Crippen LogP contribution is 2.30. The Morgan fingerprint density at radius 2 is 1.81 bits per heavy atom. The minimum absolute atomic E-state index is 0.295. The Bertz CT molecular complexity index is 660. The zero-order valence-electron chi connectivity index (χ0n) is 12.6. The number of hydrogen-bond donors (Lipinski definition) is 1. The van der Waals surface area contributed by atoms with Gasteiger partial charge in [-0.2, -0.15) is 0 Å². The summed E-state index contributed by atoms with van der Waals surface area (Å²) in [6, 6.07) is 11.4. The van der Waals surface area contributed by atoms with Crippen molar-refractivity contribution in [3.63, 3.8) is 0 Å². The lowest BCUT2D eigenvalue weighted by molar-refractivity contribution is -0.131. The number of rotatable bonds is 4. The molecular formula is C18H20O3.